The number of aromatic nitrogens is 2. The zero-order valence-corrected chi connectivity index (χ0v) is 10.5. The highest BCUT2D eigenvalue weighted by Crippen LogP contribution is 2.30. The van der Waals surface area contributed by atoms with Gasteiger partial charge in [0.15, 0.2) is 0 Å². The van der Waals surface area contributed by atoms with Gasteiger partial charge in [0, 0.05) is 28.7 Å². The molecular formula is C12H11Cl2N3. The van der Waals surface area contributed by atoms with Crippen molar-refractivity contribution in [3.05, 3.63) is 57.8 Å². The molecule has 5 heteroatoms. The van der Waals surface area contributed by atoms with Crippen LogP contribution >= 0.6 is 23.2 Å². The molecule has 0 aliphatic heterocycles. The second-order valence-corrected chi connectivity index (χ2v) is 4.45. The summed E-state index contributed by atoms with van der Waals surface area (Å²) in [5, 5.41) is 9.12. The van der Waals surface area contributed by atoms with Gasteiger partial charge in [0.2, 0.25) is 0 Å². The van der Waals surface area contributed by atoms with Crippen LogP contribution in [-0.2, 0) is 0 Å². The summed E-state index contributed by atoms with van der Waals surface area (Å²) in [6.45, 7) is 0.417. The monoisotopic (exact) mass is 267 g/mol. The Labute approximate surface area is 110 Å². The Balaban J connectivity index is 2.42. The Morgan fingerprint density at radius 3 is 2.65 bits per heavy atom. The van der Waals surface area contributed by atoms with E-state index in [-0.39, 0.29) is 5.92 Å². The molecule has 0 aliphatic carbocycles. The molecule has 2 rings (SSSR count). The molecule has 0 radical (unpaired) electrons. The van der Waals surface area contributed by atoms with Gasteiger partial charge in [-0.05, 0) is 29.8 Å². The molecule has 0 fully saturated rings. The van der Waals surface area contributed by atoms with Crippen LogP contribution in [0.15, 0.2) is 36.5 Å². The van der Waals surface area contributed by atoms with Crippen LogP contribution in [0.5, 0.6) is 0 Å². The molecule has 0 bridgehead atoms. The van der Waals surface area contributed by atoms with Crippen molar-refractivity contribution in [1.82, 2.24) is 10.2 Å². The Hall–Kier alpha value is -1.16. The minimum absolute atomic E-state index is 0.0616. The number of hydrogen-bond acceptors (Lipinski definition) is 3. The maximum Gasteiger partial charge on any atom is 0.0719 e. The summed E-state index contributed by atoms with van der Waals surface area (Å²) in [5.74, 6) is -0.0616. The molecule has 1 heterocycles. The van der Waals surface area contributed by atoms with Gasteiger partial charge in [-0.3, -0.25) is 0 Å². The van der Waals surface area contributed by atoms with Crippen LogP contribution < -0.4 is 5.73 Å². The molecule has 1 aromatic heterocycles. The molecule has 1 aromatic carbocycles. The summed E-state index contributed by atoms with van der Waals surface area (Å²) in [4.78, 5) is 0. The molecular weight excluding hydrogens is 257 g/mol. The third-order valence-electron chi connectivity index (χ3n) is 2.52. The second-order valence-electron chi connectivity index (χ2n) is 3.60. The Morgan fingerprint density at radius 1 is 1.24 bits per heavy atom. The smallest absolute Gasteiger partial charge is 0.0719 e. The van der Waals surface area contributed by atoms with Crippen molar-refractivity contribution in [2.45, 2.75) is 5.92 Å². The quantitative estimate of drug-likeness (QED) is 0.931. The van der Waals surface area contributed by atoms with Crippen molar-refractivity contribution in [1.29, 1.82) is 0 Å². The third-order valence-corrected chi connectivity index (χ3v) is 3.09. The first-order valence-electron chi connectivity index (χ1n) is 5.15. The number of hydrogen-bond donors (Lipinski definition) is 1. The van der Waals surface area contributed by atoms with Gasteiger partial charge in [-0.2, -0.15) is 10.2 Å². The van der Waals surface area contributed by atoms with Gasteiger partial charge < -0.3 is 5.73 Å². The number of nitrogens with two attached hydrogens (primary N) is 1. The number of rotatable bonds is 3. The van der Waals surface area contributed by atoms with E-state index in [1.54, 1.807) is 18.3 Å². The first-order valence-corrected chi connectivity index (χ1v) is 5.90. The van der Waals surface area contributed by atoms with E-state index in [1.165, 1.54) is 0 Å². The molecule has 17 heavy (non-hydrogen) atoms. The predicted octanol–water partition coefficient (Wildman–Crippen LogP) is 2.87. The fraction of sp³-hybridized carbons (Fsp3) is 0.167. The fourth-order valence-corrected chi connectivity index (χ4v) is 2.23. The highest BCUT2D eigenvalue weighted by molar-refractivity contribution is 6.35. The maximum absolute atomic E-state index is 6.16. The molecule has 1 unspecified atom stereocenters. The minimum Gasteiger partial charge on any atom is -0.329 e. The average Bonchev–Trinajstić information content (AvgIpc) is 2.34. The molecule has 0 aliphatic rings. The standard InChI is InChI=1S/C12H11Cl2N3/c13-8-3-4-9(11(14)6-8)10(7-15)12-2-1-5-16-17-12/h1-6,10H,7,15H2. The zero-order chi connectivity index (χ0) is 12.3. The van der Waals surface area contributed by atoms with Crippen LogP contribution in [0.3, 0.4) is 0 Å². The van der Waals surface area contributed by atoms with E-state index < -0.39 is 0 Å². The van der Waals surface area contributed by atoms with E-state index in [2.05, 4.69) is 10.2 Å². The van der Waals surface area contributed by atoms with E-state index in [4.69, 9.17) is 28.9 Å². The van der Waals surface area contributed by atoms with Gasteiger partial charge in [0.25, 0.3) is 0 Å². The predicted molar refractivity (Wildman–Crippen MR) is 69.4 cm³/mol. The molecule has 88 valence electrons. The van der Waals surface area contributed by atoms with Gasteiger partial charge in [-0.15, -0.1) is 0 Å². The van der Waals surface area contributed by atoms with Crippen LogP contribution in [0.4, 0.5) is 0 Å². The minimum atomic E-state index is -0.0616. The molecule has 3 nitrogen and oxygen atoms in total. The van der Waals surface area contributed by atoms with E-state index in [0.717, 1.165) is 11.3 Å². The van der Waals surface area contributed by atoms with E-state index >= 15 is 0 Å². The van der Waals surface area contributed by atoms with E-state index in [1.807, 2.05) is 18.2 Å². The zero-order valence-electron chi connectivity index (χ0n) is 8.98. The molecule has 0 saturated heterocycles. The molecule has 0 amide bonds. The molecule has 0 spiro atoms. The Morgan fingerprint density at radius 2 is 2.06 bits per heavy atom. The summed E-state index contributed by atoms with van der Waals surface area (Å²) < 4.78 is 0. The van der Waals surface area contributed by atoms with Gasteiger partial charge >= 0.3 is 0 Å². The first kappa shape index (κ1) is 12.3. The molecule has 0 saturated carbocycles. The summed E-state index contributed by atoms with van der Waals surface area (Å²) in [5.41, 5.74) is 7.50. The maximum atomic E-state index is 6.16. The van der Waals surface area contributed by atoms with Crippen LogP contribution in [0.1, 0.15) is 17.2 Å². The van der Waals surface area contributed by atoms with Gasteiger partial charge in [0.05, 0.1) is 5.69 Å². The highest BCUT2D eigenvalue weighted by atomic mass is 35.5. The lowest BCUT2D eigenvalue weighted by Crippen LogP contribution is -2.15. The Kier molecular flexibility index (Phi) is 3.94. The lowest BCUT2D eigenvalue weighted by atomic mass is 9.95. The van der Waals surface area contributed by atoms with Crippen LogP contribution in [0.2, 0.25) is 10.0 Å². The van der Waals surface area contributed by atoms with Crippen LogP contribution in [-0.4, -0.2) is 16.7 Å². The largest absolute Gasteiger partial charge is 0.329 e. The van der Waals surface area contributed by atoms with Crippen molar-refractivity contribution in [3.8, 4) is 0 Å². The molecule has 1 atom stereocenters. The van der Waals surface area contributed by atoms with Gasteiger partial charge in [0.1, 0.15) is 0 Å². The highest BCUT2D eigenvalue weighted by Gasteiger charge is 2.17. The number of nitrogens with zero attached hydrogens (tertiary/aromatic N) is 2. The second kappa shape index (κ2) is 5.45. The normalized spacial score (nSPS) is 12.4. The third kappa shape index (κ3) is 2.75. The Bertz CT molecular complexity index is 502. The van der Waals surface area contributed by atoms with Crippen LogP contribution in [0, 0.1) is 0 Å². The number of benzene rings is 1. The van der Waals surface area contributed by atoms with Crippen LogP contribution in [0.25, 0.3) is 0 Å². The summed E-state index contributed by atoms with van der Waals surface area (Å²) in [7, 11) is 0. The average molecular weight is 268 g/mol. The number of halogens is 2. The van der Waals surface area contributed by atoms with Gasteiger partial charge in [-0.25, -0.2) is 0 Å². The van der Waals surface area contributed by atoms with Gasteiger partial charge in [-0.1, -0.05) is 29.3 Å². The summed E-state index contributed by atoms with van der Waals surface area (Å²) in [6.07, 6.45) is 1.63. The van der Waals surface area contributed by atoms with Crippen molar-refractivity contribution in [2.24, 2.45) is 5.73 Å². The summed E-state index contributed by atoms with van der Waals surface area (Å²) in [6, 6.07) is 9.08. The van der Waals surface area contributed by atoms with Crippen molar-refractivity contribution >= 4 is 23.2 Å². The lowest BCUT2D eigenvalue weighted by molar-refractivity contribution is 0.760. The van der Waals surface area contributed by atoms with Crippen molar-refractivity contribution in [2.75, 3.05) is 6.54 Å². The van der Waals surface area contributed by atoms with E-state index in [0.29, 0.717) is 16.6 Å². The molecule has 2 aromatic rings. The molecule has 2 N–H and O–H groups in total. The first-order chi connectivity index (χ1) is 8.22. The SMILES string of the molecule is NCC(c1cccnn1)c1ccc(Cl)cc1Cl. The van der Waals surface area contributed by atoms with Crippen molar-refractivity contribution in [3.63, 3.8) is 0 Å². The topological polar surface area (TPSA) is 51.8 Å². The summed E-state index contributed by atoms with van der Waals surface area (Å²) >= 11 is 12.0. The van der Waals surface area contributed by atoms with E-state index in [9.17, 15) is 0 Å². The lowest BCUT2D eigenvalue weighted by Gasteiger charge is -2.15. The van der Waals surface area contributed by atoms with Crippen molar-refractivity contribution < 1.29 is 0 Å². The fourth-order valence-electron chi connectivity index (χ4n) is 1.69.